The molecule has 1 aliphatic heterocycles. The number of benzene rings is 2. The van der Waals surface area contributed by atoms with Crippen LogP contribution >= 0.6 is 0 Å². The molecule has 0 radical (unpaired) electrons. The van der Waals surface area contributed by atoms with Crippen molar-refractivity contribution in [1.82, 2.24) is 20.0 Å². The number of ether oxygens (including phenoxy) is 3. The lowest BCUT2D eigenvalue weighted by Gasteiger charge is -2.23. The van der Waals surface area contributed by atoms with Crippen molar-refractivity contribution in [2.24, 2.45) is 0 Å². The number of fused-ring (bicyclic) bond motifs is 1. The van der Waals surface area contributed by atoms with Crippen LogP contribution in [-0.2, 0) is 4.74 Å². The van der Waals surface area contributed by atoms with Gasteiger partial charge in [-0.2, -0.15) is 20.6 Å². The van der Waals surface area contributed by atoms with Crippen molar-refractivity contribution in [3.8, 4) is 28.8 Å². The molecule has 0 N–H and O–H groups in total. The van der Waals surface area contributed by atoms with Gasteiger partial charge in [-0.3, -0.25) is 0 Å². The highest BCUT2D eigenvalue weighted by Gasteiger charge is 2.25. The third-order valence-corrected chi connectivity index (χ3v) is 6.70. The van der Waals surface area contributed by atoms with Crippen molar-refractivity contribution in [3.05, 3.63) is 65.0 Å². The fourth-order valence-corrected chi connectivity index (χ4v) is 5.04. The molecule has 5 rings (SSSR count). The molecule has 8 heteroatoms. The number of hydrogen-bond acceptors (Lipinski definition) is 7. The Bertz CT molecular complexity index is 1430. The fraction of sp³-hybridized carbons (Fsp3) is 0.357. The SMILES string of the molecule is COc1cccc(C#N)c1-c1nn(C2CCCCO2)c2ccc(O[C@H](C)c3c(C)cnnc3C)cc12. The van der Waals surface area contributed by atoms with E-state index in [4.69, 9.17) is 19.3 Å². The number of rotatable bonds is 6. The summed E-state index contributed by atoms with van der Waals surface area (Å²) in [7, 11) is 1.60. The summed E-state index contributed by atoms with van der Waals surface area (Å²) < 4.78 is 20.1. The summed E-state index contributed by atoms with van der Waals surface area (Å²) >= 11 is 0. The molecular weight excluding hydrogens is 454 g/mol. The normalized spacial score (nSPS) is 16.5. The summed E-state index contributed by atoms with van der Waals surface area (Å²) in [6, 6.07) is 13.7. The average Bonchev–Trinajstić information content (AvgIpc) is 3.27. The van der Waals surface area contributed by atoms with Gasteiger partial charge in [-0.05, 0) is 75.9 Å². The van der Waals surface area contributed by atoms with Crippen LogP contribution in [0, 0.1) is 25.2 Å². The topological polar surface area (TPSA) is 95.1 Å². The van der Waals surface area contributed by atoms with E-state index in [1.807, 2.05) is 55.8 Å². The maximum atomic E-state index is 9.88. The van der Waals surface area contributed by atoms with Crippen LogP contribution in [0.5, 0.6) is 11.5 Å². The number of aromatic nitrogens is 4. The van der Waals surface area contributed by atoms with Gasteiger partial charge in [0.2, 0.25) is 0 Å². The van der Waals surface area contributed by atoms with E-state index in [2.05, 4.69) is 16.3 Å². The highest BCUT2D eigenvalue weighted by atomic mass is 16.5. The lowest BCUT2D eigenvalue weighted by Crippen LogP contribution is -2.19. The zero-order chi connectivity index (χ0) is 25.2. The first-order valence-electron chi connectivity index (χ1n) is 12.2. The van der Waals surface area contributed by atoms with Crippen molar-refractivity contribution in [3.63, 3.8) is 0 Å². The van der Waals surface area contributed by atoms with E-state index >= 15 is 0 Å². The predicted molar refractivity (Wildman–Crippen MR) is 136 cm³/mol. The van der Waals surface area contributed by atoms with Gasteiger partial charge in [0.15, 0.2) is 6.23 Å². The van der Waals surface area contributed by atoms with Crippen LogP contribution in [0.25, 0.3) is 22.2 Å². The van der Waals surface area contributed by atoms with Crippen molar-refractivity contribution >= 4 is 10.9 Å². The van der Waals surface area contributed by atoms with Crippen LogP contribution in [0.3, 0.4) is 0 Å². The minimum absolute atomic E-state index is 0.158. The van der Waals surface area contributed by atoms with E-state index in [1.165, 1.54) is 0 Å². The molecule has 2 atom stereocenters. The van der Waals surface area contributed by atoms with Gasteiger partial charge in [-0.15, -0.1) is 0 Å². The highest BCUT2D eigenvalue weighted by molar-refractivity contribution is 5.97. The van der Waals surface area contributed by atoms with E-state index in [0.717, 1.165) is 47.0 Å². The monoisotopic (exact) mass is 483 g/mol. The molecule has 4 aromatic rings. The molecule has 1 unspecified atom stereocenters. The Morgan fingerprint density at radius 2 is 2.06 bits per heavy atom. The first kappa shape index (κ1) is 23.8. The zero-order valence-corrected chi connectivity index (χ0v) is 21.0. The van der Waals surface area contributed by atoms with Gasteiger partial charge in [0.1, 0.15) is 23.3 Å². The van der Waals surface area contributed by atoms with Crippen LogP contribution in [0.4, 0.5) is 0 Å². The number of hydrogen-bond donors (Lipinski definition) is 0. The standard InChI is InChI=1S/C28H29N5O3/c1-17-16-30-31-18(2)26(17)19(3)36-21-11-12-23-22(14-21)28(32-33(23)25-10-5-6-13-35-25)27-20(15-29)8-7-9-24(27)34-4/h7-9,11-12,14,16,19,25H,5-6,10,13H2,1-4H3/t19-,25?/m1/s1. The van der Waals surface area contributed by atoms with Gasteiger partial charge in [-0.25, -0.2) is 4.68 Å². The number of nitriles is 1. The first-order chi connectivity index (χ1) is 17.5. The number of methoxy groups -OCH3 is 1. The van der Waals surface area contributed by atoms with Gasteiger partial charge >= 0.3 is 0 Å². The second-order valence-corrected chi connectivity index (χ2v) is 9.07. The van der Waals surface area contributed by atoms with E-state index < -0.39 is 0 Å². The van der Waals surface area contributed by atoms with Gasteiger partial charge < -0.3 is 14.2 Å². The van der Waals surface area contributed by atoms with Gasteiger partial charge in [0.25, 0.3) is 0 Å². The smallest absolute Gasteiger partial charge is 0.150 e. The average molecular weight is 484 g/mol. The van der Waals surface area contributed by atoms with Gasteiger partial charge in [0, 0.05) is 17.6 Å². The Labute approximate surface area is 210 Å². The van der Waals surface area contributed by atoms with E-state index in [9.17, 15) is 5.26 Å². The first-order valence-corrected chi connectivity index (χ1v) is 12.2. The molecule has 0 aliphatic carbocycles. The highest BCUT2D eigenvalue weighted by Crippen LogP contribution is 2.40. The lowest BCUT2D eigenvalue weighted by atomic mass is 10.0. The number of aryl methyl sites for hydroxylation is 2. The molecule has 2 aromatic heterocycles. The maximum Gasteiger partial charge on any atom is 0.150 e. The van der Waals surface area contributed by atoms with Gasteiger partial charge in [-0.1, -0.05) is 6.07 Å². The Morgan fingerprint density at radius 3 is 2.78 bits per heavy atom. The van der Waals surface area contributed by atoms with Gasteiger partial charge in [0.05, 0.1) is 41.7 Å². The van der Waals surface area contributed by atoms with Crippen LogP contribution in [-0.4, -0.2) is 33.7 Å². The largest absolute Gasteiger partial charge is 0.496 e. The summed E-state index contributed by atoms with van der Waals surface area (Å²) in [6.45, 7) is 6.67. The molecule has 1 fully saturated rings. The summed E-state index contributed by atoms with van der Waals surface area (Å²) in [5, 5.41) is 24.0. The summed E-state index contributed by atoms with van der Waals surface area (Å²) in [6.07, 6.45) is 4.38. The van der Waals surface area contributed by atoms with Crippen LogP contribution in [0.15, 0.2) is 42.6 Å². The fourth-order valence-electron chi connectivity index (χ4n) is 5.04. The minimum Gasteiger partial charge on any atom is -0.496 e. The Kier molecular flexibility index (Phi) is 6.57. The summed E-state index contributed by atoms with van der Waals surface area (Å²) in [5.74, 6) is 1.29. The number of nitrogens with zero attached hydrogens (tertiary/aromatic N) is 5. The molecule has 184 valence electrons. The van der Waals surface area contributed by atoms with Crippen molar-refractivity contribution in [1.29, 1.82) is 5.26 Å². The molecule has 0 amide bonds. The molecule has 3 heterocycles. The van der Waals surface area contributed by atoms with Crippen LogP contribution in [0.1, 0.15) is 60.9 Å². The Hall–Kier alpha value is -3.96. The van der Waals surface area contributed by atoms with Crippen molar-refractivity contribution in [2.75, 3.05) is 13.7 Å². The van der Waals surface area contributed by atoms with Crippen LogP contribution in [0.2, 0.25) is 0 Å². The maximum absolute atomic E-state index is 9.88. The molecular formula is C28H29N5O3. The van der Waals surface area contributed by atoms with Crippen LogP contribution < -0.4 is 9.47 Å². The third kappa shape index (κ3) is 4.27. The minimum atomic E-state index is -0.223. The van der Waals surface area contributed by atoms with E-state index in [0.29, 0.717) is 34.9 Å². The summed E-state index contributed by atoms with van der Waals surface area (Å²) in [5.41, 5.74) is 5.66. The molecule has 1 aliphatic rings. The molecule has 0 bridgehead atoms. The molecule has 2 aromatic carbocycles. The Balaban J connectivity index is 1.65. The van der Waals surface area contributed by atoms with E-state index in [-0.39, 0.29) is 12.3 Å². The third-order valence-electron chi connectivity index (χ3n) is 6.70. The summed E-state index contributed by atoms with van der Waals surface area (Å²) in [4.78, 5) is 0. The van der Waals surface area contributed by atoms with Crippen molar-refractivity contribution < 1.29 is 14.2 Å². The predicted octanol–water partition coefficient (Wildman–Crippen LogP) is 5.83. The molecule has 36 heavy (non-hydrogen) atoms. The second kappa shape index (κ2) is 9.96. The van der Waals surface area contributed by atoms with E-state index in [1.54, 1.807) is 19.4 Å². The Morgan fingerprint density at radius 1 is 1.19 bits per heavy atom. The van der Waals surface area contributed by atoms with Crippen molar-refractivity contribution in [2.45, 2.75) is 52.4 Å². The molecule has 1 saturated heterocycles. The second-order valence-electron chi connectivity index (χ2n) is 9.07. The lowest BCUT2D eigenvalue weighted by molar-refractivity contribution is -0.0365. The molecule has 0 saturated carbocycles. The zero-order valence-electron chi connectivity index (χ0n) is 21.0. The molecule has 0 spiro atoms. The molecule has 8 nitrogen and oxygen atoms in total. The quantitative estimate of drug-likeness (QED) is 0.340.